The first kappa shape index (κ1) is 24.0. The van der Waals surface area contributed by atoms with Gasteiger partial charge in [0.05, 0.1) is 24.6 Å². The van der Waals surface area contributed by atoms with Crippen molar-refractivity contribution in [2.24, 2.45) is 0 Å². The fourth-order valence-corrected chi connectivity index (χ4v) is 4.84. The summed E-state index contributed by atoms with van der Waals surface area (Å²) in [5.74, 6) is 0.340. The van der Waals surface area contributed by atoms with Crippen LogP contribution in [0.1, 0.15) is 24.1 Å². The minimum atomic E-state index is -3.89. The predicted molar refractivity (Wildman–Crippen MR) is 128 cm³/mol. The van der Waals surface area contributed by atoms with E-state index in [1.54, 1.807) is 19.2 Å². The number of amides is 1. The lowest BCUT2D eigenvalue weighted by molar-refractivity contribution is -0.122. The molecule has 0 aromatic heterocycles. The zero-order valence-electron chi connectivity index (χ0n) is 17.9. The largest absolute Gasteiger partial charge is 0.497 e. The maximum Gasteiger partial charge on any atom is 0.243 e. The highest BCUT2D eigenvalue weighted by atomic mass is 79.9. The van der Waals surface area contributed by atoms with Crippen LogP contribution in [0.5, 0.6) is 5.75 Å². The molecule has 3 rings (SSSR count). The zero-order valence-corrected chi connectivity index (χ0v) is 20.3. The number of hydrogen-bond acceptors (Lipinski definition) is 4. The van der Waals surface area contributed by atoms with Crippen LogP contribution in [0.15, 0.2) is 88.2 Å². The van der Waals surface area contributed by atoms with E-state index < -0.39 is 10.0 Å². The van der Waals surface area contributed by atoms with Crippen LogP contribution in [0.4, 0.5) is 0 Å². The Bertz CT molecular complexity index is 1130. The molecule has 0 spiro atoms. The molecule has 0 aliphatic heterocycles. The average Bonchev–Trinajstić information content (AvgIpc) is 2.79. The second-order valence-corrected chi connectivity index (χ2v) is 10.1. The first-order valence-electron chi connectivity index (χ1n) is 10.0. The minimum Gasteiger partial charge on any atom is -0.497 e. The second kappa shape index (κ2) is 10.8. The normalized spacial score (nSPS) is 12.4. The maximum absolute atomic E-state index is 13.3. The van der Waals surface area contributed by atoms with Gasteiger partial charge in [-0.25, -0.2) is 8.42 Å². The van der Waals surface area contributed by atoms with E-state index in [2.05, 4.69) is 21.2 Å². The molecule has 168 valence electrons. The summed E-state index contributed by atoms with van der Waals surface area (Å²) in [6.07, 6.45) is 0. The molecule has 0 saturated heterocycles. The molecule has 3 aromatic carbocycles. The third-order valence-corrected chi connectivity index (χ3v) is 7.30. The Morgan fingerprint density at radius 1 is 1.00 bits per heavy atom. The van der Waals surface area contributed by atoms with Gasteiger partial charge in [0.15, 0.2) is 0 Å². The summed E-state index contributed by atoms with van der Waals surface area (Å²) in [5, 5.41) is 2.89. The zero-order chi connectivity index (χ0) is 23.1. The number of halogens is 1. The molecule has 1 atom stereocenters. The molecule has 0 heterocycles. The topological polar surface area (TPSA) is 75.7 Å². The molecule has 0 saturated carbocycles. The fourth-order valence-electron chi connectivity index (χ4n) is 3.19. The highest BCUT2D eigenvalue weighted by Gasteiger charge is 2.27. The third-order valence-electron chi connectivity index (χ3n) is 4.97. The van der Waals surface area contributed by atoms with Crippen LogP contribution < -0.4 is 10.1 Å². The second-order valence-electron chi connectivity index (χ2n) is 7.27. The van der Waals surface area contributed by atoms with Gasteiger partial charge in [-0.15, -0.1) is 0 Å². The smallest absolute Gasteiger partial charge is 0.243 e. The minimum absolute atomic E-state index is 0.0869. The fraction of sp³-hybridized carbons (Fsp3) is 0.208. The van der Waals surface area contributed by atoms with Gasteiger partial charge in [-0.3, -0.25) is 4.79 Å². The highest BCUT2D eigenvalue weighted by Crippen LogP contribution is 2.21. The van der Waals surface area contributed by atoms with Crippen molar-refractivity contribution in [2.75, 3.05) is 13.7 Å². The number of nitrogens with one attached hydrogen (secondary N) is 1. The van der Waals surface area contributed by atoms with Gasteiger partial charge in [0.2, 0.25) is 15.9 Å². The number of nitrogens with zero attached hydrogens (tertiary/aromatic N) is 1. The van der Waals surface area contributed by atoms with Gasteiger partial charge in [0.1, 0.15) is 5.75 Å². The van der Waals surface area contributed by atoms with Crippen LogP contribution in [0, 0.1) is 0 Å². The van der Waals surface area contributed by atoms with Crippen molar-refractivity contribution in [3.05, 3.63) is 94.5 Å². The molecular weight excluding hydrogens is 492 g/mol. The van der Waals surface area contributed by atoms with Gasteiger partial charge in [0, 0.05) is 11.0 Å². The molecule has 32 heavy (non-hydrogen) atoms. The van der Waals surface area contributed by atoms with Gasteiger partial charge in [-0.05, 0) is 54.4 Å². The average molecular weight is 517 g/mol. The maximum atomic E-state index is 13.3. The summed E-state index contributed by atoms with van der Waals surface area (Å²) in [7, 11) is -2.29. The molecule has 1 N–H and O–H groups in total. The summed E-state index contributed by atoms with van der Waals surface area (Å²) in [6, 6.07) is 22.7. The van der Waals surface area contributed by atoms with Crippen LogP contribution in [0.25, 0.3) is 0 Å². The van der Waals surface area contributed by atoms with E-state index in [0.29, 0.717) is 0 Å². The molecule has 0 unspecified atom stereocenters. The van der Waals surface area contributed by atoms with Gasteiger partial charge in [-0.1, -0.05) is 58.4 Å². The predicted octanol–water partition coefficient (Wildman–Crippen LogP) is 4.53. The van der Waals surface area contributed by atoms with Gasteiger partial charge < -0.3 is 10.1 Å². The molecule has 0 bridgehead atoms. The van der Waals surface area contributed by atoms with Crippen molar-refractivity contribution in [3.63, 3.8) is 0 Å². The van der Waals surface area contributed by atoms with Crippen LogP contribution in [0.2, 0.25) is 0 Å². The lowest BCUT2D eigenvalue weighted by atomic mass is 10.1. The Balaban J connectivity index is 1.79. The highest BCUT2D eigenvalue weighted by molar-refractivity contribution is 9.10. The molecule has 0 fully saturated rings. The quantitative estimate of drug-likeness (QED) is 0.453. The Hall–Kier alpha value is -2.68. The molecule has 0 aliphatic carbocycles. The first-order valence-corrected chi connectivity index (χ1v) is 12.3. The van der Waals surface area contributed by atoms with E-state index in [0.717, 1.165) is 21.3 Å². The lowest BCUT2D eigenvalue weighted by Gasteiger charge is -2.23. The number of hydrogen-bond donors (Lipinski definition) is 1. The number of rotatable bonds is 9. The number of sulfonamides is 1. The number of ether oxygens (including phenoxy) is 1. The molecule has 0 aliphatic rings. The summed E-state index contributed by atoms with van der Waals surface area (Å²) < 4.78 is 33.8. The van der Waals surface area contributed by atoms with E-state index >= 15 is 0 Å². The summed E-state index contributed by atoms with van der Waals surface area (Å²) >= 11 is 3.32. The van der Waals surface area contributed by atoms with E-state index in [-0.39, 0.29) is 29.9 Å². The summed E-state index contributed by atoms with van der Waals surface area (Å²) in [5.41, 5.74) is 1.69. The standard InChI is InChI=1S/C24H25BrN2O4S/c1-18(20-8-12-22(31-2)13-9-20)26-24(28)17-27(16-19-6-4-3-5-7-19)32(29,30)23-14-10-21(25)11-15-23/h3-15,18H,16-17H2,1-2H3,(H,26,28)/t18-/m0/s1. The number of benzene rings is 3. The Kier molecular flexibility index (Phi) is 8.06. The Labute approximate surface area is 197 Å². The summed E-state index contributed by atoms with van der Waals surface area (Å²) in [4.78, 5) is 13.0. The van der Waals surface area contributed by atoms with Crippen molar-refractivity contribution in [2.45, 2.75) is 24.4 Å². The molecule has 0 radical (unpaired) electrons. The van der Waals surface area contributed by atoms with Crippen molar-refractivity contribution in [3.8, 4) is 5.75 Å². The molecular formula is C24H25BrN2O4S. The van der Waals surface area contributed by atoms with Gasteiger partial charge in [0.25, 0.3) is 0 Å². The summed E-state index contributed by atoms with van der Waals surface area (Å²) in [6.45, 7) is 1.64. The van der Waals surface area contributed by atoms with Crippen molar-refractivity contribution in [1.29, 1.82) is 0 Å². The van der Waals surface area contributed by atoms with Crippen LogP contribution in [0.3, 0.4) is 0 Å². The first-order chi connectivity index (χ1) is 15.3. The van der Waals surface area contributed by atoms with Crippen LogP contribution in [-0.4, -0.2) is 32.3 Å². The van der Waals surface area contributed by atoms with Gasteiger partial charge in [-0.2, -0.15) is 4.31 Å². The van der Waals surface area contributed by atoms with E-state index in [1.165, 1.54) is 16.4 Å². The monoisotopic (exact) mass is 516 g/mol. The van der Waals surface area contributed by atoms with E-state index in [1.807, 2.05) is 61.5 Å². The lowest BCUT2D eigenvalue weighted by Crippen LogP contribution is -2.41. The van der Waals surface area contributed by atoms with Crippen molar-refractivity contribution >= 4 is 31.9 Å². The van der Waals surface area contributed by atoms with Crippen LogP contribution >= 0.6 is 15.9 Å². The molecule has 8 heteroatoms. The SMILES string of the molecule is COc1ccc([C@H](C)NC(=O)CN(Cc2ccccc2)S(=O)(=O)c2ccc(Br)cc2)cc1. The molecule has 6 nitrogen and oxygen atoms in total. The molecule has 3 aromatic rings. The van der Waals surface area contributed by atoms with E-state index in [4.69, 9.17) is 4.74 Å². The Morgan fingerprint density at radius 2 is 1.62 bits per heavy atom. The number of carbonyl (C=O) groups is 1. The Morgan fingerprint density at radius 3 is 2.22 bits per heavy atom. The number of carbonyl (C=O) groups excluding carboxylic acids is 1. The molecule has 1 amide bonds. The van der Waals surface area contributed by atoms with E-state index in [9.17, 15) is 13.2 Å². The third kappa shape index (κ3) is 6.18. The van der Waals surface area contributed by atoms with Crippen LogP contribution in [-0.2, 0) is 21.4 Å². The van der Waals surface area contributed by atoms with Gasteiger partial charge >= 0.3 is 0 Å². The number of methoxy groups -OCH3 is 1. The van der Waals surface area contributed by atoms with Crippen molar-refractivity contribution in [1.82, 2.24) is 9.62 Å². The van der Waals surface area contributed by atoms with Crippen molar-refractivity contribution < 1.29 is 17.9 Å².